The number of hydrogen-bond acceptors (Lipinski definition) is 6. The van der Waals surface area contributed by atoms with Crippen LogP contribution in [0.25, 0.3) is 11.1 Å². The highest BCUT2D eigenvalue weighted by atomic mass is 19.4. The fourth-order valence-electron chi connectivity index (χ4n) is 3.74. The second-order valence-electron chi connectivity index (χ2n) is 8.22. The maximum atomic E-state index is 13.3. The number of pyridine rings is 2. The maximum absolute atomic E-state index is 13.3. The van der Waals surface area contributed by atoms with Gasteiger partial charge in [0, 0.05) is 43.1 Å². The quantitative estimate of drug-likeness (QED) is 0.658. The lowest BCUT2D eigenvalue weighted by molar-refractivity contribution is -0.141. The Balaban J connectivity index is 2.22. The molecule has 0 aliphatic carbocycles. The van der Waals surface area contributed by atoms with E-state index in [1.807, 2.05) is 24.8 Å². The van der Waals surface area contributed by atoms with Gasteiger partial charge < -0.3 is 16.0 Å². The van der Waals surface area contributed by atoms with E-state index in [2.05, 4.69) is 15.3 Å². The van der Waals surface area contributed by atoms with Gasteiger partial charge >= 0.3 is 6.18 Å². The molecule has 3 rings (SSSR count). The summed E-state index contributed by atoms with van der Waals surface area (Å²) in [6, 6.07) is 4.21. The van der Waals surface area contributed by atoms with Crippen molar-refractivity contribution in [3.8, 4) is 17.2 Å². The molecule has 1 aliphatic heterocycles. The van der Waals surface area contributed by atoms with Crippen LogP contribution in [0.1, 0.15) is 54.9 Å². The number of rotatable bonds is 6. The third-order valence-corrected chi connectivity index (χ3v) is 5.38. The SMILES string of the molecule is CCCCNC(=O)c1cnc(C#N)c(-c2ccnc(C(F)(F)F)c2)c1N1CC[C@](C)(N)C1. The number of alkyl halides is 3. The third kappa shape index (κ3) is 4.99. The van der Waals surface area contributed by atoms with Crippen molar-refractivity contribution in [2.75, 3.05) is 24.5 Å². The Morgan fingerprint density at radius 3 is 2.75 bits per heavy atom. The molecule has 0 bridgehead atoms. The van der Waals surface area contributed by atoms with Gasteiger partial charge in [-0.2, -0.15) is 18.4 Å². The summed E-state index contributed by atoms with van der Waals surface area (Å²) in [5.41, 5.74) is 5.41. The fourth-order valence-corrected chi connectivity index (χ4v) is 3.74. The second kappa shape index (κ2) is 9.12. The van der Waals surface area contributed by atoms with Crippen LogP contribution in [0, 0.1) is 11.3 Å². The minimum Gasteiger partial charge on any atom is -0.368 e. The van der Waals surface area contributed by atoms with Crippen LogP contribution in [-0.4, -0.2) is 41.0 Å². The Hall–Kier alpha value is -3.19. The lowest BCUT2D eigenvalue weighted by atomic mass is 9.97. The summed E-state index contributed by atoms with van der Waals surface area (Å²) in [5, 5.41) is 12.5. The number of halogens is 3. The van der Waals surface area contributed by atoms with Crippen molar-refractivity contribution in [3.63, 3.8) is 0 Å². The van der Waals surface area contributed by atoms with E-state index in [0.717, 1.165) is 25.1 Å². The van der Waals surface area contributed by atoms with Crippen LogP contribution in [-0.2, 0) is 6.18 Å². The van der Waals surface area contributed by atoms with E-state index < -0.39 is 23.3 Å². The van der Waals surface area contributed by atoms with E-state index in [9.17, 15) is 23.2 Å². The predicted molar refractivity (Wildman–Crippen MR) is 114 cm³/mol. The molecule has 1 amide bonds. The van der Waals surface area contributed by atoms with Gasteiger partial charge in [-0.15, -0.1) is 0 Å². The summed E-state index contributed by atoms with van der Waals surface area (Å²) in [7, 11) is 0. The van der Waals surface area contributed by atoms with E-state index in [-0.39, 0.29) is 22.4 Å². The van der Waals surface area contributed by atoms with Crippen molar-refractivity contribution in [2.45, 2.75) is 44.8 Å². The highest BCUT2D eigenvalue weighted by molar-refractivity contribution is 6.04. The molecule has 0 aromatic carbocycles. The largest absolute Gasteiger partial charge is 0.433 e. The number of nitriles is 1. The molecule has 32 heavy (non-hydrogen) atoms. The number of nitrogens with one attached hydrogen (secondary N) is 1. The molecule has 0 radical (unpaired) electrons. The highest BCUT2D eigenvalue weighted by Gasteiger charge is 2.36. The summed E-state index contributed by atoms with van der Waals surface area (Å²) in [6.07, 6.45) is -0.0298. The average Bonchev–Trinajstić information content (AvgIpc) is 3.11. The smallest absolute Gasteiger partial charge is 0.368 e. The number of carbonyl (C=O) groups excluding carboxylic acids is 1. The normalized spacial score (nSPS) is 18.5. The zero-order chi connectivity index (χ0) is 23.5. The zero-order valence-electron chi connectivity index (χ0n) is 18.0. The van der Waals surface area contributed by atoms with Crippen molar-refractivity contribution >= 4 is 11.6 Å². The minimum atomic E-state index is -4.66. The van der Waals surface area contributed by atoms with Crippen LogP contribution in [0.5, 0.6) is 0 Å². The molecule has 0 spiro atoms. The van der Waals surface area contributed by atoms with Gasteiger partial charge in [-0.25, -0.2) is 4.98 Å². The fraction of sp³-hybridized carbons (Fsp3) is 0.455. The number of aromatic nitrogens is 2. The number of anilines is 1. The molecule has 2 aromatic rings. The van der Waals surface area contributed by atoms with Crippen molar-refractivity contribution in [1.82, 2.24) is 15.3 Å². The molecule has 170 valence electrons. The molecule has 3 N–H and O–H groups in total. The Labute approximate surface area is 184 Å². The first-order valence-electron chi connectivity index (χ1n) is 10.4. The van der Waals surface area contributed by atoms with Gasteiger partial charge in [-0.1, -0.05) is 13.3 Å². The zero-order valence-corrected chi connectivity index (χ0v) is 18.0. The average molecular weight is 446 g/mol. The summed E-state index contributed by atoms with van der Waals surface area (Å²) in [6.45, 7) is 5.18. The molecule has 2 aromatic heterocycles. The third-order valence-electron chi connectivity index (χ3n) is 5.38. The van der Waals surface area contributed by atoms with Crippen LogP contribution in [0.4, 0.5) is 18.9 Å². The van der Waals surface area contributed by atoms with E-state index in [0.29, 0.717) is 31.7 Å². The van der Waals surface area contributed by atoms with Crippen molar-refractivity contribution in [1.29, 1.82) is 5.26 Å². The Bertz CT molecular complexity index is 1040. The molecule has 1 aliphatic rings. The molecule has 3 heterocycles. The molecule has 10 heteroatoms. The van der Waals surface area contributed by atoms with Gasteiger partial charge in [0.05, 0.1) is 11.3 Å². The Kier molecular flexibility index (Phi) is 6.69. The van der Waals surface area contributed by atoms with Gasteiger partial charge in [-0.05, 0) is 37.5 Å². The molecular formula is C22H25F3N6O. The summed E-state index contributed by atoms with van der Waals surface area (Å²) in [5.74, 6) is -0.401. The number of hydrogen-bond donors (Lipinski definition) is 2. The van der Waals surface area contributed by atoms with Crippen molar-refractivity contribution in [3.05, 3.63) is 41.5 Å². The van der Waals surface area contributed by atoms with Crippen LogP contribution in [0.2, 0.25) is 0 Å². The number of amides is 1. The standard InChI is InChI=1S/C22H25F3N6O/c1-3-4-7-29-20(32)15-12-30-16(11-26)18(19(15)31-9-6-21(2,27)13-31)14-5-8-28-17(10-14)22(23,24)25/h5,8,10,12H,3-4,6-7,9,13,27H2,1-2H3,(H,29,32)/t21-/m0/s1. The van der Waals surface area contributed by atoms with Crippen LogP contribution < -0.4 is 16.0 Å². The first-order chi connectivity index (χ1) is 15.1. The highest BCUT2D eigenvalue weighted by Crippen LogP contribution is 2.40. The summed E-state index contributed by atoms with van der Waals surface area (Å²) < 4.78 is 39.9. The van der Waals surface area contributed by atoms with Gasteiger partial charge in [0.1, 0.15) is 17.5 Å². The first-order valence-corrected chi connectivity index (χ1v) is 10.4. The second-order valence-corrected chi connectivity index (χ2v) is 8.22. The Morgan fingerprint density at radius 1 is 1.41 bits per heavy atom. The molecule has 0 unspecified atom stereocenters. The van der Waals surface area contributed by atoms with Gasteiger partial charge in [0.25, 0.3) is 5.91 Å². The lowest BCUT2D eigenvalue weighted by Crippen LogP contribution is -2.39. The number of unbranched alkanes of at least 4 members (excludes halogenated alkanes) is 1. The molecule has 0 saturated carbocycles. The molecule has 1 atom stereocenters. The van der Waals surface area contributed by atoms with E-state index in [4.69, 9.17) is 5.73 Å². The van der Waals surface area contributed by atoms with E-state index in [1.54, 1.807) is 0 Å². The predicted octanol–water partition coefficient (Wildman–Crippen LogP) is 3.49. The van der Waals surface area contributed by atoms with E-state index in [1.165, 1.54) is 12.3 Å². The van der Waals surface area contributed by atoms with Crippen LogP contribution >= 0.6 is 0 Å². The van der Waals surface area contributed by atoms with Gasteiger partial charge in [0.15, 0.2) is 0 Å². The number of nitrogens with two attached hydrogens (primary N) is 1. The van der Waals surface area contributed by atoms with Crippen molar-refractivity contribution in [2.24, 2.45) is 5.73 Å². The van der Waals surface area contributed by atoms with Crippen LogP contribution in [0.15, 0.2) is 24.5 Å². The summed E-state index contributed by atoms with van der Waals surface area (Å²) in [4.78, 5) is 22.3. The van der Waals surface area contributed by atoms with Crippen molar-refractivity contribution < 1.29 is 18.0 Å². The number of carbonyl (C=O) groups is 1. The topological polar surface area (TPSA) is 108 Å². The van der Waals surface area contributed by atoms with E-state index >= 15 is 0 Å². The molecular weight excluding hydrogens is 421 g/mol. The lowest BCUT2D eigenvalue weighted by Gasteiger charge is -2.27. The van der Waals surface area contributed by atoms with Gasteiger partial charge in [-0.3, -0.25) is 9.78 Å². The minimum absolute atomic E-state index is 0.0740. The Morgan fingerprint density at radius 2 is 2.16 bits per heavy atom. The van der Waals surface area contributed by atoms with Crippen LogP contribution in [0.3, 0.4) is 0 Å². The summed E-state index contributed by atoms with van der Waals surface area (Å²) >= 11 is 0. The number of nitrogens with zero attached hydrogens (tertiary/aromatic N) is 4. The molecule has 1 saturated heterocycles. The monoisotopic (exact) mass is 446 g/mol. The molecule has 7 nitrogen and oxygen atoms in total. The molecule has 1 fully saturated rings. The first kappa shape index (κ1) is 23.5. The van der Waals surface area contributed by atoms with Gasteiger partial charge in [0.2, 0.25) is 0 Å². The maximum Gasteiger partial charge on any atom is 0.433 e.